The summed E-state index contributed by atoms with van der Waals surface area (Å²) in [5.41, 5.74) is 0. The van der Waals surface area contributed by atoms with Crippen LogP contribution in [0.25, 0.3) is 0 Å². The Balaban J connectivity index is 3.61. The van der Waals surface area contributed by atoms with Gasteiger partial charge in [-0.2, -0.15) is 0 Å². The van der Waals surface area contributed by atoms with E-state index in [-0.39, 0.29) is 0 Å². The first-order chi connectivity index (χ1) is 6.79. The molecule has 0 aliphatic carbocycles. The van der Waals surface area contributed by atoms with Gasteiger partial charge in [-0.05, 0) is 12.1 Å². The SMILES string of the molecule is O=[N+]([O-])S(=O)(Cl)(c1ccccc1)[N+](=O)[O-]. The molecule has 0 aromatic heterocycles. The zero-order chi connectivity index (χ0) is 11.7. The second kappa shape index (κ2) is 3.24. The molecule has 15 heavy (non-hydrogen) atoms. The third-order valence-electron chi connectivity index (χ3n) is 1.66. The van der Waals surface area contributed by atoms with Crippen molar-refractivity contribution in [2.45, 2.75) is 4.90 Å². The highest BCUT2D eigenvalue weighted by Crippen LogP contribution is 2.40. The second-order valence-corrected chi connectivity index (χ2v) is 6.82. The summed E-state index contributed by atoms with van der Waals surface area (Å²) in [4.78, 5) is 20.5. The van der Waals surface area contributed by atoms with E-state index in [1.165, 1.54) is 18.2 Å². The van der Waals surface area contributed by atoms with Crippen LogP contribution in [0.15, 0.2) is 35.2 Å². The topological polar surface area (TPSA) is 103 Å². The first-order valence-electron chi connectivity index (χ1n) is 3.53. The zero-order valence-electron chi connectivity index (χ0n) is 7.11. The van der Waals surface area contributed by atoms with E-state index in [1.807, 2.05) is 0 Å². The van der Waals surface area contributed by atoms with Gasteiger partial charge in [-0.25, -0.2) is 20.2 Å². The van der Waals surface area contributed by atoms with E-state index in [1.54, 1.807) is 0 Å². The summed E-state index contributed by atoms with van der Waals surface area (Å²) in [5, 5.41) is 21.1. The summed E-state index contributed by atoms with van der Waals surface area (Å²) in [6.07, 6.45) is 0. The van der Waals surface area contributed by atoms with Gasteiger partial charge in [0.25, 0.3) is 0 Å². The maximum atomic E-state index is 11.8. The van der Waals surface area contributed by atoms with E-state index in [0.717, 1.165) is 12.1 Å². The van der Waals surface area contributed by atoms with E-state index in [4.69, 9.17) is 10.7 Å². The Hall–Kier alpha value is -1.54. The first kappa shape index (κ1) is 11.5. The minimum atomic E-state index is -5.82. The number of hydrogen-bond acceptors (Lipinski definition) is 5. The van der Waals surface area contributed by atoms with Crippen molar-refractivity contribution in [3.05, 3.63) is 50.6 Å². The molecule has 82 valence electrons. The normalized spacial score (nSPS) is 13.8. The van der Waals surface area contributed by atoms with Gasteiger partial charge in [0.05, 0.1) is 0 Å². The lowest BCUT2D eigenvalue weighted by Crippen LogP contribution is -2.42. The maximum Gasteiger partial charge on any atom is 0.436 e. The maximum absolute atomic E-state index is 11.8. The van der Waals surface area contributed by atoms with Crippen LogP contribution in [-0.4, -0.2) is 12.9 Å². The lowest BCUT2D eigenvalue weighted by atomic mass is 10.4. The van der Waals surface area contributed by atoms with Crippen LogP contribution in [0.3, 0.4) is 0 Å². The molecule has 0 spiro atoms. The number of nitro groups is 2. The van der Waals surface area contributed by atoms with Crippen LogP contribution >= 0.6 is 10.7 Å². The Kier molecular flexibility index (Phi) is 2.49. The van der Waals surface area contributed by atoms with Crippen molar-refractivity contribution in [2.75, 3.05) is 0 Å². The van der Waals surface area contributed by atoms with Crippen molar-refractivity contribution in [3.8, 4) is 0 Å². The molecule has 0 heterocycles. The van der Waals surface area contributed by atoms with Crippen molar-refractivity contribution >= 4 is 19.3 Å². The summed E-state index contributed by atoms with van der Waals surface area (Å²) < 4.78 is 8.63. The van der Waals surface area contributed by atoms with Crippen LogP contribution in [0.4, 0.5) is 0 Å². The van der Waals surface area contributed by atoms with Gasteiger partial charge in [0.2, 0.25) is 0 Å². The number of hydrogen-bond donors (Lipinski definition) is 0. The van der Waals surface area contributed by atoms with Crippen molar-refractivity contribution in [2.24, 2.45) is 0 Å². The fourth-order valence-electron chi connectivity index (χ4n) is 0.876. The van der Waals surface area contributed by atoms with Crippen LogP contribution < -0.4 is 0 Å². The van der Waals surface area contributed by atoms with Gasteiger partial charge < -0.3 is 0 Å². The Morgan fingerprint density at radius 1 is 1.07 bits per heavy atom. The Morgan fingerprint density at radius 2 is 1.47 bits per heavy atom. The minimum Gasteiger partial charge on any atom is -0.245 e. The van der Waals surface area contributed by atoms with Gasteiger partial charge in [-0.3, -0.25) is 0 Å². The molecule has 0 unspecified atom stereocenters. The molecule has 0 fully saturated rings. The zero-order valence-corrected chi connectivity index (χ0v) is 8.68. The van der Waals surface area contributed by atoms with Crippen LogP contribution in [0.1, 0.15) is 0 Å². The van der Waals surface area contributed by atoms with Gasteiger partial charge in [0, 0.05) is 0 Å². The molecule has 0 N–H and O–H groups in total. The van der Waals surface area contributed by atoms with Crippen LogP contribution in [0.5, 0.6) is 0 Å². The summed E-state index contributed by atoms with van der Waals surface area (Å²) in [5.74, 6) is 0. The lowest BCUT2D eigenvalue weighted by Gasteiger charge is -2.17. The van der Waals surface area contributed by atoms with E-state index in [0.29, 0.717) is 0 Å². The number of rotatable bonds is 3. The predicted octanol–water partition coefficient (Wildman–Crippen LogP) is 1.40. The van der Waals surface area contributed by atoms with Crippen molar-refractivity contribution in [1.82, 2.24) is 0 Å². The van der Waals surface area contributed by atoms with Crippen molar-refractivity contribution < 1.29 is 12.9 Å². The summed E-state index contributed by atoms with van der Waals surface area (Å²) in [6, 6.07) is 5.98. The minimum absolute atomic E-state index is 0.633. The Morgan fingerprint density at radius 3 is 1.80 bits per heavy atom. The highest BCUT2D eigenvalue weighted by atomic mass is 35.7. The molecular weight excluding hydrogens is 248 g/mol. The number of nitrogens with zero attached hydrogens (tertiary/aromatic N) is 2. The highest BCUT2D eigenvalue weighted by Gasteiger charge is 2.61. The second-order valence-electron chi connectivity index (χ2n) is 2.54. The molecule has 0 bridgehead atoms. The van der Waals surface area contributed by atoms with Crippen molar-refractivity contribution in [1.29, 1.82) is 0 Å². The third-order valence-corrected chi connectivity index (χ3v) is 4.96. The van der Waals surface area contributed by atoms with E-state index >= 15 is 0 Å². The Bertz CT molecular complexity index is 470. The largest absolute Gasteiger partial charge is 0.436 e. The smallest absolute Gasteiger partial charge is 0.245 e. The van der Waals surface area contributed by atoms with Crippen LogP contribution in [0, 0.1) is 20.2 Å². The van der Waals surface area contributed by atoms with Gasteiger partial charge in [0.1, 0.15) is 10.7 Å². The Labute approximate surface area is 88.1 Å². The fraction of sp³-hybridized carbons (Fsp3) is 0. The molecule has 0 amide bonds. The van der Waals surface area contributed by atoms with Gasteiger partial charge >= 0.3 is 8.65 Å². The summed E-state index contributed by atoms with van der Waals surface area (Å²) in [6.45, 7) is 0. The molecule has 0 saturated heterocycles. The van der Waals surface area contributed by atoms with Crippen molar-refractivity contribution in [3.63, 3.8) is 0 Å². The van der Waals surface area contributed by atoms with Crippen LogP contribution in [0.2, 0.25) is 0 Å². The highest BCUT2D eigenvalue weighted by molar-refractivity contribution is 8.29. The number of benzene rings is 1. The molecule has 0 saturated carbocycles. The molecule has 1 aromatic rings. The summed E-state index contributed by atoms with van der Waals surface area (Å²) in [7, 11) is -0.676. The molecule has 1 rings (SSSR count). The monoisotopic (exact) mass is 252 g/mol. The molecule has 1 aromatic carbocycles. The lowest BCUT2D eigenvalue weighted by molar-refractivity contribution is -0.426. The summed E-state index contributed by atoms with van der Waals surface area (Å²) >= 11 is 0. The average molecular weight is 253 g/mol. The van der Waals surface area contributed by atoms with E-state index in [2.05, 4.69) is 0 Å². The molecule has 7 nitrogen and oxygen atoms in total. The van der Waals surface area contributed by atoms with Gasteiger partial charge in [-0.1, -0.05) is 18.2 Å². The molecule has 9 heteroatoms. The van der Waals surface area contributed by atoms with Gasteiger partial charge in [0.15, 0.2) is 13.6 Å². The predicted molar refractivity (Wildman–Crippen MR) is 52.7 cm³/mol. The molecule has 0 aliphatic rings. The number of halogens is 1. The van der Waals surface area contributed by atoms with Crippen LogP contribution in [-0.2, 0) is 8.65 Å². The molecule has 0 atom stereocenters. The molecular formula is C6H5ClN2O5S. The standard InChI is InChI=1S/C6H5ClN2O5S/c7-15(14,8(10)11,9(12)13)6-4-2-1-3-5-6/h1-5H. The molecule has 0 aliphatic heterocycles. The van der Waals surface area contributed by atoms with E-state index < -0.39 is 22.2 Å². The molecule has 0 radical (unpaired) electrons. The quantitative estimate of drug-likeness (QED) is 0.459. The van der Waals surface area contributed by atoms with Gasteiger partial charge in [-0.15, -0.1) is 4.21 Å². The third kappa shape index (κ3) is 1.47. The first-order valence-corrected chi connectivity index (χ1v) is 6.24. The van der Waals surface area contributed by atoms with E-state index in [9.17, 15) is 24.4 Å². The fourth-order valence-corrected chi connectivity index (χ4v) is 2.25. The average Bonchev–Trinajstić information content (AvgIpc) is 2.19.